The van der Waals surface area contributed by atoms with Crippen LogP contribution in [0.4, 0.5) is 13.2 Å². The lowest BCUT2D eigenvalue weighted by molar-refractivity contribution is 0.0780. The fraction of sp³-hybridized carbons (Fsp3) is 0.370. The fourth-order valence-corrected chi connectivity index (χ4v) is 6.14. The summed E-state index contributed by atoms with van der Waals surface area (Å²) in [6, 6.07) is 12.3. The van der Waals surface area contributed by atoms with Gasteiger partial charge in [0.15, 0.2) is 11.6 Å². The molecule has 7 heteroatoms. The van der Waals surface area contributed by atoms with Crippen molar-refractivity contribution in [3.8, 4) is 0 Å². The van der Waals surface area contributed by atoms with Crippen LogP contribution < -0.4 is 0 Å². The number of halogens is 3. The first kappa shape index (κ1) is 23.1. The molecule has 3 heterocycles. The van der Waals surface area contributed by atoms with Crippen LogP contribution in [-0.4, -0.2) is 48.4 Å². The van der Waals surface area contributed by atoms with Gasteiger partial charge in [0.1, 0.15) is 5.82 Å². The van der Waals surface area contributed by atoms with Crippen molar-refractivity contribution in [3.05, 3.63) is 93.4 Å². The third kappa shape index (κ3) is 4.91. The summed E-state index contributed by atoms with van der Waals surface area (Å²) in [6.07, 6.45) is 2.05. The Balaban J connectivity index is 1.26. The van der Waals surface area contributed by atoms with Crippen molar-refractivity contribution < 1.29 is 18.0 Å². The van der Waals surface area contributed by atoms with Crippen LogP contribution in [0.2, 0.25) is 0 Å². The number of carbonyl (C=O) groups is 1. The Bertz CT molecular complexity index is 1130. The van der Waals surface area contributed by atoms with Crippen LogP contribution in [0.5, 0.6) is 0 Å². The number of nitrogens with zero attached hydrogens (tertiary/aromatic N) is 2. The Kier molecular flexibility index (Phi) is 6.75. The third-order valence-electron chi connectivity index (χ3n) is 7.29. The van der Waals surface area contributed by atoms with E-state index in [1.807, 2.05) is 12.1 Å². The first-order valence-corrected chi connectivity index (χ1v) is 12.7. The summed E-state index contributed by atoms with van der Waals surface area (Å²) in [4.78, 5) is 17.3. The number of hydrogen-bond acceptors (Lipinski definition) is 3. The molecular formula is C27H27F3N2OS. The maximum Gasteiger partial charge on any atom is 0.253 e. The van der Waals surface area contributed by atoms with Crippen LogP contribution in [0.25, 0.3) is 0 Å². The minimum Gasteiger partial charge on any atom is -0.338 e. The van der Waals surface area contributed by atoms with E-state index in [1.165, 1.54) is 29.3 Å². The predicted molar refractivity (Wildman–Crippen MR) is 128 cm³/mol. The number of hydrogen-bond donors (Lipinski definition) is 0. The molecule has 0 N–H and O–H groups in total. The highest BCUT2D eigenvalue weighted by Crippen LogP contribution is 2.36. The average Bonchev–Trinajstić information content (AvgIpc) is 3.52. The van der Waals surface area contributed by atoms with E-state index >= 15 is 0 Å². The molecule has 1 aromatic heterocycles. The quantitative estimate of drug-likeness (QED) is 0.450. The van der Waals surface area contributed by atoms with Crippen molar-refractivity contribution >= 4 is 17.2 Å². The highest BCUT2D eigenvalue weighted by molar-refractivity contribution is 7.08. The van der Waals surface area contributed by atoms with Crippen LogP contribution in [0, 0.1) is 23.4 Å². The van der Waals surface area contributed by atoms with Crippen LogP contribution in [0.15, 0.2) is 59.3 Å². The Labute approximate surface area is 201 Å². The molecule has 2 saturated heterocycles. The lowest BCUT2D eigenvalue weighted by Gasteiger charge is -2.34. The van der Waals surface area contributed by atoms with Crippen molar-refractivity contribution in [2.24, 2.45) is 5.92 Å². The second kappa shape index (κ2) is 9.92. The average molecular weight is 485 g/mol. The zero-order chi connectivity index (χ0) is 23.7. The third-order valence-corrected chi connectivity index (χ3v) is 7.99. The smallest absolute Gasteiger partial charge is 0.253 e. The van der Waals surface area contributed by atoms with Gasteiger partial charge in [-0.3, -0.25) is 4.79 Å². The van der Waals surface area contributed by atoms with Gasteiger partial charge in [-0.2, -0.15) is 11.3 Å². The van der Waals surface area contributed by atoms with E-state index in [0.29, 0.717) is 19.0 Å². The van der Waals surface area contributed by atoms with Gasteiger partial charge in [0, 0.05) is 31.1 Å². The Morgan fingerprint density at radius 3 is 2.35 bits per heavy atom. The molecule has 0 radical (unpaired) electrons. The standard InChI is InChI=1S/C27H27F3N2OS/c28-23-4-1-18(2-5-23)19-7-10-31(11-8-19)14-22-15-32(16-24(22)21-9-12-34-17-21)27(33)20-3-6-25(29)26(30)13-20/h1-6,9,12-13,17,19,22,24H,7-8,10-11,14-16H2/t22-,24+/m1/s1. The zero-order valence-corrected chi connectivity index (χ0v) is 19.6. The summed E-state index contributed by atoms with van der Waals surface area (Å²) in [5.41, 5.74) is 2.61. The number of benzene rings is 2. The first-order valence-electron chi connectivity index (χ1n) is 11.7. The summed E-state index contributed by atoms with van der Waals surface area (Å²) in [6.45, 7) is 3.98. The molecule has 2 aliphatic rings. The summed E-state index contributed by atoms with van der Waals surface area (Å²) in [5.74, 6) is -1.47. The maximum atomic E-state index is 13.7. The van der Waals surface area contributed by atoms with Crippen LogP contribution >= 0.6 is 11.3 Å². The van der Waals surface area contributed by atoms with E-state index in [-0.39, 0.29) is 29.1 Å². The number of amides is 1. The molecule has 2 fully saturated rings. The van der Waals surface area contributed by atoms with E-state index in [2.05, 4.69) is 21.7 Å². The molecule has 3 nitrogen and oxygen atoms in total. The lowest BCUT2D eigenvalue weighted by Crippen LogP contribution is -2.38. The summed E-state index contributed by atoms with van der Waals surface area (Å²) in [7, 11) is 0. The molecule has 1 amide bonds. The predicted octanol–water partition coefficient (Wildman–Crippen LogP) is 5.90. The van der Waals surface area contributed by atoms with Gasteiger partial charge >= 0.3 is 0 Å². The van der Waals surface area contributed by atoms with Crippen molar-refractivity contribution in [2.45, 2.75) is 24.7 Å². The minimum absolute atomic E-state index is 0.184. The van der Waals surface area contributed by atoms with Crippen molar-refractivity contribution in [3.63, 3.8) is 0 Å². The second-order valence-corrected chi connectivity index (χ2v) is 10.2. The van der Waals surface area contributed by atoms with Crippen molar-refractivity contribution in [1.29, 1.82) is 0 Å². The van der Waals surface area contributed by atoms with Gasteiger partial charge in [-0.15, -0.1) is 0 Å². The highest BCUT2D eigenvalue weighted by Gasteiger charge is 2.38. The van der Waals surface area contributed by atoms with Gasteiger partial charge in [0.05, 0.1) is 0 Å². The Hall–Kier alpha value is -2.64. The molecule has 2 aromatic carbocycles. The summed E-state index contributed by atoms with van der Waals surface area (Å²) in [5, 5.41) is 4.20. The van der Waals surface area contributed by atoms with Crippen molar-refractivity contribution in [1.82, 2.24) is 9.80 Å². The molecule has 3 aromatic rings. The van der Waals surface area contributed by atoms with Crippen LogP contribution in [0.1, 0.15) is 46.2 Å². The van der Waals surface area contributed by atoms with Gasteiger partial charge in [0.2, 0.25) is 0 Å². The van der Waals surface area contributed by atoms with Gasteiger partial charge in [-0.05, 0) is 96.1 Å². The molecule has 2 atom stereocenters. The fourth-order valence-electron chi connectivity index (χ4n) is 5.41. The SMILES string of the molecule is O=C(c1ccc(F)c(F)c1)N1C[C@@H](CN2CCC(c3ccc(F)cc3)CC2)[C@H](c2ccsc2)C1. The summed E-state index contributed by atoms with van der Waals surface area (Å²) >= 11 is 1.65. The van der Waals surface area contributed by atoms with E-state index in [0.717, 1.165) is 44.6 Å². The minimum atomic E-state index is -1.000. The molecule has 34 heavy (non-hydrogen) atoms. The molecule has 2 aliphatic heterocycles. The van der Waals surface area contributed by atoms with Crippen molar-refractivity contribution in [2.75, 3.05) is 32.7 Å². The summed E-state index contributed by atoms with van der Waals surface area (Å²) < 4.78 is 40.3. The number of likely N-dealkylation sites (tertiary alicyclic amines) is 2. The molecule has 178 valence electrons. The largest absolute Gasteiger partial charge is 0.338 e. The number of piperidine rings is 1. The van der Waals surface area contributed by atoms with E-state index < -0.39 is 11.6 Å². The molecule has 5 rings (SSSR count). The van der Waals surface area contributed by atoms with E-state index in [4.69, 9.17) is 0 Å². The topological polar surface area (TPSA) is 23.6 Å². The lowest BCUT2D eigenvalue weighted by atomic mass is 9.87. The number of thiophene rings is 1. The Morgan fingerprint density at radius 2 is 1.68 bits per heavy atom. The van der Waals surface area contributed by atoms with Crippen LogP contribution in [-0.2, 0) is 0 Å². The van der Waals surface area contributed by atoms with E-state index in [1.54, 1.807) is 16.2 Å². The Morgan fingerprint density at radius 1 is 0.912 bits per heavy atom. The second-order valence-electron chi connectivity index (χ2n) is 9.39. The monoisotopic (exact) mass is 484 g/mol. The normalized spacial score (nSPS) is 21.8. The molecule has 0 unspecified atom stereocenters. The first-order chi connectivity index (χ1) is 16.5. The molecule has 0 bridgehead atoms. The van der Waals surface area contributed by atoms with Crippen LogP contribution in [0.3, 0.4) is 0 Å². The molecule has 0 spiro atoms. The highest BCUT2D eigenvalue weighted by atomic mass is 32.1. The zero-order valence-electron chi connectivity index (χ0n) is 18.8. The molecule has 0 aliphatic carbocycles. The van der Waals surface area contributed by atoms with E-state index in [9.17, 15) is 18.0 Å². The number of rotatable bonds is 5. The van der Waals surface area contributed by atoms with Gasteiger partial charge in [-0.1, -0.05) is 12.1 Å². The molecule has 0 saturated carbocycles. The maximum absolute atomic E-state index is 13.7. The number of carbonyl (C=O) groups excluding carboxylic acids is 1. The van der Waals surface area contributed by atoms with Gasteiger partial charge < -0.3 is 9.80 Å². The molecular weight excluding hydrogens is 457 g/mol. The van der Waals surface area contributed by atoms with Gasteiger partial charge in [0.25, 0.3) is 5.91 Å². The van der Waals surface area contributed by atoms with Gasteiger partial charge in [-0.25, -0.2) is 13.2 Å².